The molecule has 0 bridgehead atoms. The molecule has 0 aliphatic carbocycles. The average molecular weight is 368 g/mol. The fraction of sp³-hybridized carbons (Fsp3) is 0.357. The minimum atomic E-state index is -4.03. The van der Waals surface area contributed by atoms with Crippen molar-refractivity contribution in [2.45, 2.75) is 18.7 Å². The van der Waals surface area contributed by atoms with Gasteiger partial charge in [0.05, 0.1) is 12.3 Å². The van der Waals surface area contributed by atoms with Crippen LogP contribution in [-0.2, 0) is 26.6 Å². The van der Waals surface area contributed by atoms with Crippen LogP contribution in [0.25, 0.3) is 11.0 Å². The molecule has 24 heavy (non-hydrogen) atoms. The van der Waals surface area contributed by atoms with E-state index in [1.165, 1.54) is 24.0 Å². The number of ether oxygens (including phenoxy) is 1. The molecule has 2 aromatic rings. The number of fused-ring (bicyclic) bond motifs is 1. The minimum Gasteiger partial charge on any atom is -0.496 e. The Bertz CT molecular complexity index is 963. The van der Waals surface area contributed by atoms with E-state index >= 15 is 0 Å². The zero-order valence-electron chi connectivity index (χ0n) is 13.4. The molecule has 0 aromatic carbocycles. The molecule has 0 saturated carbocycles. The smallest absolute Gasteiger partial charge is 0.274 e. The second-order valence-electron chi connectivity index (χ2n) is 5.27. The predicted molar refractivity (Wildman–Crippen MR) is 89.7 cm³/mol. The lowest BCUT2D eigenvalue weighted by Gasteiger charge is -2.17. The van der Waals surface area contributed by atoms with Gasteiger partial charge in [-0.2, -0.15) is 5.10 Å². The first kappa shape index (κ1) is 16.8. The predicted octanol–water partition coefficient (Wildman–Crippen LogP) is 1.08. The van der Waals surface area contributed by atoms with Gasteiger partial charge in [0.25, 0.3) is 15.9 Å². The monoisotopic (exact) mass is 368 g/mol. The maximum atomic E-state index is 12.5. The van der Waals surface area contributed by atoms with Crippen LogP contribution in [0.5, 0.6) is 0 Å². The van der Waals surface area contributed by atoms with Crippen LogP contribution in [0.1, 0.15) is 12.6 Å². The normalized spacial score (nSPS) is 15.5. The Morgan fingerprint density at radius 3 is 2.88 bits per heavy atom. The minimum absolute atomic E-state index is 0.0839. The van der Waals surface area contributed by atoms with Gasteiger partial charge in [-0.05, 0) is 19.9 Å². The molecule has 1 N–H and O–H groups in total. The summed E-state index contributed by atoms with van der Waals surface area (Å²) in [5.41, 5.74) is 1.24. The number of aryl methyl sites for hydroxylation is 2. The maximum Gasteiger partial charge on any atom is 0.274 e. The lowest BCUT2D eigenvalue weighted by atomic mass is 10.3. The third kappa shape index (κ3) is 2.98. The van der Waals surface area contributed by atoms with Crippen molar-refractivity contribution >= 4 is 38.7 Å². The van der Waals surface area contributed by atoms with Gasteiger partial charge in [-0.25, -0.2) is 18.1 Å². The molecule has 1 aliphatic heterocycles. The maximum absolute atomic E-state index is 12.5. The van der Waals surface area contributed by atoms with Crippen LogP contribution in [-0.4, -0.2) is 41.4 Å². The number of amides is 1. The van der Waals surface area contributed by atoms with E-state index in [0.717, 1.165) is 0 Å². The van der Waals surface area contributed by atoms with Crippen LogP contribution in [0.15, 0.2) is 27.8 Å². The molecule has 0 saturated heterocycles. The molecule has 2 aromatic heterocycles. The lowest BCUT2D eigenvalue weighted by Crippen LogP contribution is -2.32. The SMILES string of the molecule is CC1=C(C(=O)NS(=O)(=O)c2cnc3c(c2)c(C)nn3C)SCCO1. The van der Waals surface area contributed by atoms with Crippen LogP contribution >= 0.6 is 11.8 Å². The summed E-state index contributed by atoms with van der Waals surface area (Å²) in [6.45, 7) is 3.91. The fourth-order valence-electron chi connectivity index (χ4n) is 2.39. The van der Waals surface area contributed by atoms with Crippen LogP contribution < -0.4 is 4.72 Å². The van der Waals surface area contributed by atoms with Crippen LogP contribution in [0.3, 0.4) is 0 Å². The number of nitrogens with zero attached hydrogens (tertiary/aromatic N) is 3. The number of carbonyl (C=O) groups is 1. The number of nitrogens with one attached hydrogen (secondary N) is 1. The molecule has 3 heterocycles. The molecule has 0 radical (unpaired) electrons. The zero-order chi connectivity index (χ0) is 17.5. The standard InChI is InChI=1S/C14H16N4O4S2/c1-8-11-6-10(7-15-13(11)18(3)16-8)24(20,21)17-14(19)12-9(2)22-4-5-23-12/h6-7H,4-5H2,1-3H3,(H,17,19). The van der Waals surface area contributed by atoms with Crippen molar-refractivity contribution < 1.29 is 17.9 Å². The van der Waals surface area contributed by atoms with E-state index in [4.69, 9.17) is 4.74 Å². The largest absolute Gasteiger partial charge is 0.496 e. The summed E-state index contributed by atoms with van der Waals surface area (Å²) < 4.78 is 33.9. The van der Waals surface area contributed by atoms with Gasteiger partial charge in [-0.15, -0.1) is 11.8 Å². The number of thioether (sulfide) groups is 1. The van der Waals surface area contributed by atoms with Gasteiger partial charge in [0.15, 0.2) is 5.65 Å². The van der Waals surface area contributed by atoms with E-state index in [1.807, 2.05) is 0 Å². The highest BCUT2D eigenvalue weighted by atomic mass is 32.2. The van der Waals surface area contributed by atoms with Gasteiger partial charge < -0.3 is 4.74 Å². The lowest BCUT2D eigenvalue weighted by molar-refractivity contribution is -0.115. The van der Waals surface area contributed by atoms with Gasteiger partial charge in [0.1, 0.15) is 15.6 Å². The van der Waals surface area contributed by atoms with Gasteiger partial charge in [0.2, 0.25) is 0 Å². The number of carbonyl (C=O) groups excluding carboxylic acids is 1. The molecule has 3 rings (SSSR count). The first-order valence-electron chi connectivity index (χ1n) is 7.12. The van der Waals surface area contributed by atoms with Crippen molar-refractivity contribution in [3.63, 3.8) is 0 Å². The number of allylic oxidation sites excluding steroid dienone is 1. The van der Waals surface area contributed by atoms with Gasteiger partial charge >= 0.3 is 0 Å². The Morgan fingerprint density at radius 1 is 1.42 bits per heavy atom. The van der Waals surface area contributed by atoms with E-state index in [0.29, 0.717) is 34.8 Å². The molecule has 0 spiro atoms. The molecule has 10 heteroatoms. The third-order valence-corrected chi connectivity index (χ3v) is 5.98. The van der Waals surface area contributed by atoms with E-state index in [9.17, 15) is 13.2 Å². The first-order valence-corrected chi connectivity index (χ1v) is 9.59. The van der Waals surface area contributed by atoms with Gasteiger partial charge in [-0.1, -0.05) is 0 Å². The Labute approximate surface area is 143 Å². The third-order valence-electron chi connectivity index (χ3n) is 3.55. The molecular weight excluding hydrogens is 352 g/mol. The molecule has 1 aliphatic rings. The number of aromatic nitrogens is 3. The quantitative estimate of drug-likeness (QED) is 0.864. The molecule has 0 atom stereocenters. The van der Waals surface area contributed by atoms with Crippen molar-refractivity contribution in [1.82, 2.24) is 19.5 Å². The number of pyridine rings is 1. The topological polar surface area (TPSA) is 103 Å². The molecule has 1 amide bonds. The van der Waals surface area contributed by atoms with E-state index < -0.39 is 15.9 Å². The van der Waals surface area contributed by atoms with Crippen molar-refractivity contribution in [3.05, 3.63) is 28.6 Å². The summed E-state index contributed by atoms with van der Waals surface area (Å²) in [4.78, 5) is 16.6. The Hall–Kier alpha value is -2.07. The summed E-state index contributed by atoms with van der Waals surface area (Å²) in [5.74, 6) is 0.332. The molecule has 8 nitrogen and oxygen atoms in total. The van der Waals surface area contributed by atoms with Gasteiger partial charge in [-0.3, -0.25) is 9.48 Å². The zero-order valence-corrected chi connectivity index (χ0v) is 15.0. The number of hydrogen-bond donors (Lipinski definition) is 1. The summed E-state index contributed by atoms with van der Waals surface area (Å²) in [5, 5.41) is 4.83. The molecular formula is C14H16N4O4S2. The summed E-state index contributed by atoms with van der Waals surface area (Å²) in [6.07, 6.45) is 1.21. The highest BCUT2D eigenvalue weighted by Crippen LogP contribution is 2.26. The number of hydrogen-bond acceptors (Lipinski definition) is 7. The number of rotatable bonds is 3. The highest BCUT2D eigenvalue weighted by Gasteiger charge is 2.25. The Morgan fingerprint density at radius 2 is 2.17 bits per heavy atom. The van der Waals surface area contributed by atoms with Crippen molar-refractivity contribution in [2.24, 2.45) is 7.05 Å². The van der Waals surface area contributed by atoms with Crippen molar-refractivity contribution in [1.29, 1.82) is 0 Å². The first-order chi connectivity index (χ1) is 11.3. The van der Waals surface area contributed by atoms with Crippen LogP contribution in [0.4, 0.5) is 0 Å². The summed E-state index contributed by atoms with van der Waals surface area (Å²) >= 11 is 1.27. The van der Waals surface area contributed by atoms with Crippen molar-refractivity contribution in [3.8, 4) is 0 Å². The average Bonchev–Trinajstić information content (AvgIpc) is 2.81. The molecule has 0 unspecified atom stereocenters. The Kier molecular flexibility index (Phi) is 4.26. The van der Waals surface area contributed by atoms with Crippen molar-refractivity contribution in [2.75, 3.05) is 12.4 Å². The summed E-state index contributed by atoms with van der Waals surface area (Å²) in [7, 11) is -2.30. The molecule has 0 fully saturated rings. The van der Waals surface area contributed by atoms with E-state index in [1.54, 1.807) is 25.6 Å². The molecule has 128 valence electrons. The van der Waals surface area contributed by atoms with Crippen LogP contribution in [0.2, 0.25) is 0 Å². The van der Waals surface area contributed by atoms with E-state index in [-0.39, 0.29) is 9.80 Å². The second kappa shape index (κ2) is 6.10. The summed E-state index contributed by atoms with van der Waals surface area (Å²) in [6, 6.07) is 1.46. The highest BCUT2D eigenvalue weighted by molar-refractivity contribution is 8.04. The second-order valence-corrected chi connectivity index (χ2v) is 8.06. The van der Waals surface area contributed by atoms with Crippen LogP contribution in [0, 0.1) is 6.92 Å². The fourth-order valence-corrected chi connectivity index (χ4v) is 4.20. The van der Waals surface area contributed by atoms with E-state index in [2.05, 4.69) is 14.8 Å². The van der Waals surface area contributed by atoms with Gasteiger partial charge in [0, 0.05) is 24.4 Å². The number of sulfonamides is 1. The Balaban J connectivity index is 1.93.